The number of hydrogen-bond donors (Lipinski definition) is 2. The quantitative estimate of drug-likeness (QED) is 0.795. The van der Waals surface area contributed by atoms with E-state index in [1.807, 2.05) is 31.5 Å². The van der Waals surface area contributed by atoms with E-state index in [2.05, 4.69) is 10.3 Å². The predicted molar refractivity (Wildman–Crippen MR) is 83.7 cm³/mol. The highest BCUT2D eigenvalue weighted by atomic mass is 16.5. The third-order valence-electron chi connectivity index (χ3n) is 4.55. The SMILES string of the molecule is CC[C@H](C)[C@H](NC(=O)[C@@H]1CCO[C@H]1c1nccn1CC)C(=O)O. The maximum atomic E-state index is 12.6. The van der Waals surface area contributed by atoms with Crippen LogP contribution in [-0.2, 0) is 20.9 Å². The van der Waals surface area contributed by atoms with E-state index in [0.717, 1.165) is 12.4 Å². The molecule has 128 valence electrons. The first-order valence-electron chi connectivity index (χ1n) is 8.15. The third-order valence-corrected chi connectivity index (χ3v) is 4.55. The second-order valence-electron chi connectivity index (χ2n) is 5.97. The number of amides is 1. The maximum Gasteiger partial charge on any atom is 0.326 e. The zero-order chi connectivity index (χ0) is 17.0. The summed E-state index contributed by atoms with van der Waals surface area (Å²) < 4.78 is 7.65. The standard InChI is InChI=1S/C16H25N3O4/c1-4-10(3)12(16(21)22)18-15(20)11-6-9-23-13(11)14-17-7-8-19(14)5-2/h7-8,10-13H,4-6,9H2,1-3H3,(H,18,20)(H,21,22)/t10-,11+,12-,13+/m0/s1. The first-order valence-corrected chi connectivity index (χ1v) is 8.15. The minimum atomic E-state index is -1.00. The molecule has 7 nitrogen and oxygen atoms in total. The normalized spacial score (nSPS) is 23.4. The molecule has 0 spiro atoms. The Morgan fingerprint density at radius 3 is 2.87 bits per heavy atom. The number of aliphatic carboxylic acids is 1. The summed E-state index contributed by atoms with van der Waals surface area (Å²) in [6, 6.07) is -0.875. The van der Waals surface area contributed by atoms with Crippen LogP contribution in [0.3, 0.4) is 0 Å². The number of carboxylic acid groups (broad SMARTS) is 1. The summed E-state index contributed by atoms with van der Waals surface area (Å²) in [7, 11) is 0. The number of hydrogen-bond acceptors (Lipinski definition) is 4. The molecule has 0 aromatic carbocycles. The van der Waals surface area contributed by atoms with Crippen LogP contribution in [0.5, 0.6) is 0 Å². The van der Waals surface area contributed by atoms with Crippen LogP contribution in [0.15, 0.2) is 12.4 Å². The third kappa shape index (κ3) is 3.72. The Balaban J connectivity index is 2.13. The minimum absolute atomic E-state index is 0.130. The Morgan fingerprint density at radius 2 is 2.26 bits per heavy atom. The lowest BCUT2D eigenvalue weighted by Crippen LogP contribution is -2.47. The number of aromatic nitrogens is 2. The van der Waals surface area contributed by atoms with Crippen LogP contribution in [0.4, 0.5) is 0 Å². The van der Waals surface area contributed by atoms with Crippen LogP contribution in [-0.4, -0.2) is 39.2 Å². The summed E-state index contributed by atoms with van der Waals surface area (Å²) in [6.07, 6.45) is 4.37. The van der Waals surface area contributed by atoms with Crippen LogP contribution in [0.1, 0.15) is 45.5 Å². The van der Waals surface area contributed by atoms with E-state index in [0.29, 0.717) is 19.4 Å². The van der Waals surface area contributed by atoms with Crippen molar-refractivity contribution in [3.8, 4) is 0 Å². The van der Waals surface area contributed by atoms with Gasteiger partial charge in [0.2, 0.25) is 5.91 Å². The van der Waals surface area contributed by atoms with Gasteiger partial charge >= 0.3 is 5.97 Å². The van der Waals surface area contributed by atoms with Gasteiger partial charge in [0.25, 0.3) is 0 Å². The highest BCUT2D eigenvalue weighted by Crippen LogP contribution is 2.34. The lowest BCUT2D eigenvalue weighted by molar-refractivity contribution is -0.144. The second kappa shape index (κ2) is 7.59. The van der Waals surface area contributed by atoms with E-state index < -0.39 is 24.0 Å². The van der Waals surface area contributed by atoms with Gasteiger partial charge in [0, 0.05) is 25.5 Å². The molecule has 1 aliphatic rings. The van der Waals surface area contributed by atoms with Gasteiger partial charge in [-0.25, -0.2) is 9.78 Å². The lowest BCUT2D eigenvalue weighted by Gasteiger charge is -2.24. The van der Waals surface area contributed by atoms with E-state index in [1.165, 1.54) is 0 Å². The van der Waals surface area contributed by atoms with E-state index in [9.17, 15) is 14.7 Å². The fourth-order valence-corrected chi connectivity index (χ4v) is 2.90. The summed E-state index contributed by atoms with van der Waals surface area (Å²) in [4.78, 5) is 28.3. The van der Waals surface area contributed by atoms with Crippen LogP contribution in [0.25, 0.3) is 0 Å². The largest absolute Gasteiger partial charge is 0.480 e. The van der Waals surface area contributed by atoms with Gasteiger partial charge in [-0.15, -0.1) is 0 Å². The summed E-state index contributed by atoms with van der Waals surface area (Å²) in [5.41, 5.74) is 0. The van der Waals surface area contributed by atoms with E-state index in [4.69, 9.17) is 4.74 Å². The number of rotatable bonds is 7. The van der Waals surface area contributed by atoms with E-state index in [1.54, 1.807) is 6.20 Å². The van der Waals surface area contributed by atoms with Crippen molar-refractivity contribution in [2.45, 2.75) is 52.3 Å². The molecule has 4 atom stereocenters. The fraction of sp³-hybridized carbons (Fsp3) is 0.688. The summed E-state index contributed by atoms with van der Waals surface area (Å²) >= 11 is 0. The Morgan fingerprint density at radius 1 is 1.52 bits per heavy atom. The van der Waals surface area contributed by atoms with Gasteiger partial charge in [0.15, 0.2) is 0 Å². The zero-order valence-corrected chi connectivity index (χ0v) is 13.9. The first kappa shape index (κ1) is 17.5. The maximum absolute atomic E-state index is 12.6. The fourth-order valence-electron chi connectivity index (χ4n) is 2.90. The molecule has 2 heterocycles. The number of nitrogens with one attached hydrogen (secondary N) is 1. The van der Waals surface area contributed by atoms with Crippen molar-refractivity contribution in [1.82, 2.24) is 14.9 Å². The Labute approximate surface area is 136 Å². The highest BCUT2D eigenvalue weighted by molar-refractivity contribution is 5.85. The average Bonchev–Trinajstić information content (AvgIpc) is 3.18. The summed E-state index contributed by atoms with van der Waals surface area (Å²) in [6.45, 7) is 6.95. The number of carbonyl (C=O) groups excluding carboxylic acids is 1. The van der Waals surface area contributed by atoms with Gasteiger partial charge in [-0.05, 0) is 19.3 Å². The monoisotopic (exact) mass is 323 g/mol. The molecule has 0 radical (unpaired) electrons. The van der Waals surface area contributed by atoms with E-state index in [-0.39, 0.29) is 11.8 Å². The van der Waals surface area contributed by atoms with Gasteiger partial charge in [0.1, 0.15) is 18.0 Å². The molecule has 1 fully saturated rings. The van der Waals surface area contributed by atoms with Crippen molar-refractivity contribution < 1.29 is 19.4 Å². The number of nitrogens with zero attached hydrogens (tertiary/aromatic N) is 2. The van der Waals surface area contributed by atoms with Gasteiger partial charge in [-0.2, -0.15) is 0 Å². The number of ether oxygens (including phenoxy) is 1. The molecule has 0 saturated carbocycles. The smallest absolute Gasteiger partial charge is 0.326 e. The molecular formula is C16H25N3O4. The first-order chi connectivity index (χ1) is 11.0. The molecule has 1 amide bonds. The van der Waals surface area contributed by atoms with Gasteiger partial charge < -0.3 is 19.7 Å². The lowest BCUT2D eigenvalue weighted by atomic mass is 9.95. The van der Waals surface area contributed by atoms with Crippen molar-refractivity contribution in [2.75, 3.05) is 6.61 Å². The molecule has 2 rings (SSSR count). The molecule has 1 saturated heterocycles. The average molecular weight is 323 g/mol. The number of imidazole rings is 1. The molecule has 7 heteroatoms. The van der Waals surface area contributed by atoms with Crippen molar-refractivity contribution in [1.29, 1.82) is 0 Å². The van der Waals surface area contributed by atoms with Crippen molar-refractivity contribution in [2.24, 2.45) is 11.8 Å². The molecule has 1 aromatic rings. The van der Waals surface area contributed by atoms with Gasteiger partial charge in [0.05, 0.1) is 5.92 Å². The van der Waals surface area contributed by atoms with Crippen molar-refractivity contribution >= 4 is 11.9 Å². The summed E-state index contributed by atoms with van der Waals surface area (Å²) in [5.74, 6) is -1.09. The van der Waals surface area contributed by atoms with Gasteiger partial charge in [-0.1, -0.05) is 20.3 Å². The highest BCUT2D eigenvalue weighted by Gasteiger charge is 2.39. The number of aryl methyl sites for hydroxylation is 1. The van der Waals surface area contributed by atoms with Crippen LogP contribution < -0.4 is 5.32 Å². The van der Waals surface area contributed by atoms with E-state index >= 15 is 0 Å². The molecule has 23 heavy (non-hydrogen) atoms. The topological polar surface area (TPSA) is 93.5 Å². The number of carbonyl (C=O) groups is 2. The van der Waals surface area contributed by atoms with Gasteiger partial charge in [-0.3, -0.25) is 4.79 Å². The predicted octanol–water partition coefficient (Wildman–Crippen LogP) is 1.60. The molecule has 1 aromatic heterocycles. The van der Waals surface area contributed by atoms with Crippen molar-refractivity contribution in [3.63, 3.8) is 0 Å². The van der Waals surface area contributed by atoms with Crippen molar-refractivity contribution in [3.05, 3.63) is 18.2 Å². The second-order valence-corrected chi connectivity index (χ2v) is 5.97. The van der Waals surface area contributed by atoms with Crippen LogP contribution in [0.2, 0.25) is 0 Å². The molecular weight excluding hydrogens is 298 g/mol. The molecule has 2 N–H and O–H groups in total. The van der Waals surface area contributed by atoms with Crippen LogP contribution >= 0.6 is 0 Å². The Kier molecular flexibility index (Phi) is 5.76. The number of carboxylic acids is 1. The molecule has 0 aliphatic carbocycles. The molecule has 0 unspecified atom stereocenters. The minimum Gasteiger partial charge on any atom is -0.480 e. The Hall–Kier alpha value is -1.89. The zero-order valence-electron chi connectivity index (χ0n) is 13.9. The molecule has 1 aliphatic heterocycles. The van der Waals surface area contributed by atoms with Crippen LogP contribution in [0, 0.1) is 11.8 Å². The Bertz CT molecular complexity index is 557. The molecule has 0 bridgehead atoms. The summed E-state index contributed by atoms with van der Waals surface area (Å²) in [5, 5.41) is 12.0.